The van der Waals surface area contributed by atoms with Crippen molar-refractivity contribution in [1.29, 1.82) is 0 Å². The first kappa shape index (κ1) is 11.4. The van der Waals surface area contributed by atoms with Crippen LogP contribution in [0.3, 0.4) is 0 Å². The SMILES string of the molecule is [2H]C([2H])([2H])Oc1c(C)cnc(CSc2nc3ccc(O)cc3[nH]2)c1C. The van der Waals surface area contributed by atoms with E-state index >= 15 is 0 Å². The molecule has 3 aromatic rings. The van der Waals surface area contributed by atoms with E-state index in [9.17, 15) is 5.11 Å². The van der Waals surface area contributed by atoms with Crippen molar-refractivity contribution in [3.05, 3.63) is 41.2 Å². The molecule has 0 amide bonds. The minimum Gasteiger partial charge on any atom is -0.508 e. The highest BCUT2D eigenvalue weighted by atomic mass is 32.2. The normalized spacial score (nSPS) is 13.6. The van der Waals surface area contributed by atoms with Crippen molar-refractivity contribution in [2.75, 3.05) is 7.04 Å². The number of nitrogens with one attached hydrogen (secondary N) is 1. The number of methoxy groups -OCH3 is 1. The lowest BCUT2D eigenvalue weighted by Gasteiger charge is -2.11. The molecule has 114 valence electrons. The van der Waals surface area contributed by atoms with Crippen LogP contribution in [0.4, 0.5) is 0 Å². The lowest BCUT2D eigenvalue weighted by Crippen LogP contribution is -1.98. The summed E-state index contributed by atoms with van der Waals surface area (Å²) in [6.07, 6.45) is 1.61. The van der Waals surface area contributed by atoms with Crippen molar-refractivity contribution in [2.45, 2.75) is 24.8 Å². The topological polar surface area (TPSA) is 71.0 Å². The Hall–Kier alpha value is -2.21. The first-order valence-corrected chi connectivity index (χ1v) is 7.67. The quantitative estimate of drug-likeness (QED) is 0.719. The van der Waals surface area contributed by atoms with E-state index in [1.165, 1.54) is 11.8 Å². The molecule has 0 aliphatic carbocycles. The molecule has 0 saturated carbocycles. The first-order valence-electron chi connectivity index (χ1n) is 8.18. The van der Waals surface area contributed by atoms with Crippen molar-refractivity contribution in [2.24, 2.45) is 0 Å². The van der Waals surface area contributed by atoms with Gasteiger partial charge in [0.05, 0.1) is 27.9 Å². The number of hydrogen-bond acceptors (Lipinski definition) is 5. The van der Waals surface area contributed by atoms with Gasteiger partial charge in [0.2, 0.25) is 0 Å². The van der Waals surface area contributed by atoms with Gasteiger partial charge in [0, 0.05) is 29.1 Å². The van der Waals surface area contributed by atoms with Crippen LogP contribution >= 0.6 is 11.8 Å². The molecular formula is C16H17N3O2S. The average molecular weight is 318 g/mol. The van der Waals surface area contributed by atoms with Gasteiger partial charge in [-0.05, 0) is 26.0 Å². The third-order valence-corrected chi connectivity index (χ3v) is 4.32. The number of thioether (sulfide) groups is 1. The summed E-state index contributed by atoms with van der Waals surface area (Å²) in [7, 11) is -2.50. The summed E-state index contributed by atoms with van der Waals surface area (Å²) in [5.74, 6) is 1.03. The maximum absolute atomic E-state index is 9.51. The van der Waals surface area contributed by atoms with Crippen LogP contribution in [-0.4, -0.2) is 27.1 Å². The van der Waals surface area contributed by atoms with Gasteiger partial charge >= 0.3 is 0 Å². The fraction of sp³-hybridized carbons (Fsp3) is 0.250. The minimum atomic E-state index is -2.50. The fourth-order valence-electron chi connectivity index (χ4n) is 2.24. The third kappa shape index (κ3) is 2.74. The molecule has 3 rings (SSSR count). The number of pyridine rings is 1. The van der Waals surface area contributed by atoms with Crippen LogP contribution in [0.5, 0.6) is 11.5 Å². The lowest BCUT2D eigenvalue weighted by atomic mass is 10.1. The Morgan fingerprint density at radius 1 is 1.41 bits per heavy atom. The van der Waals surface area contributed by atoms with Crippen LogP contribution < -0.4 is 4.74 Å². The van der Waals surface area contributed by atoms with Gasteiger partial charge in [-0.15, -0.1) is 0 Å². The maximum Gasteiger partial charge on any atom is 0.166 e. The molecule has 6 heteroatoms. The number of phenols is 1. The van der Waals surface area contributed by atoms with E-state index in [-0.39, 0.29) is 5.75 Å². The molecule has 0 radical (unpaired) electrons. The van der Waals surface area contributed by atoms with Crippen molar-refractivity contribution in [3.63, 3.8) is 0 Å². The number of hydrogen-bond donors (Lipinski definition) is 2. The van der Waals surface area contributed by atoms with E-state index in [1.807, 2.05) is 0 Å². The molecule has 0 fully saturated rings. The van der Waals surface area contributed by atoms with Gasteiger partial charge < -0.3 is 14.8 Å². The van der Waals surface area contributed by atoms with Crippen LogP contribution in [0.15, 0.2) is 29.6 Å². The van der Waals surface area contributed by atoms with Crippen LogP contribution in [0, 0.1) is 13.8 Å². The predicted octanol–water partition coefficient (Wildman–Crippen LogP) is 3.58. The van der Waals surface area contributed by atoms with Crippen LogP contribution in [-0.2, 0) is 5.75 Å². The van der Waals surface area contributed by atoms with Gasteiger partial charge in [-0.1, -0.05) is 11.8 Å². The molecule has 22 heavy (non-hydrogen) atoms. The van der Waals surface area contributed by atoms with E-state index < -0.39 is 7.04 Å². The second-order valence-electron chi connectivity index (χ2n) is 4.98. The number of ether oxygens (including phenoxy) is 1. The highest BCUT2D eigenvalue weighted by molar-refractivity contribution is 7.98. The maximum atomic E-state index is 9.51. The average Bonchev–Trinajstić information content (AvgIpc) is 2.91. The number of phenolic OH excluding ortho intramolecular Hbond substituents is 1. The van der Waals surface area contributed by atoms with Crippen LogP contribution in [0.2, 0.25) is 0 Å². The Bertz CT molecular complexity index is 925. The Labute approximate surface area is 137 Å². The highest BCUT2D eigenvalue weighted by Gasteiger charge is 2.11. The number of aryl methyl sites for hydroxylation is 1. The molecule has 0 aliphatic rings. The summed E-state index contributed by atoms with van der Waals surface area (Å²) in [5.41, 5.74) is 3.64. The number of aromatic nitrogens is 3. The van der Waals surface area contributed by atoms with Crippen molar-refractivity contribution < 1.29 is 14.0 Å². The Kier molecular flexibility index (Phi) is 3.04. The number of aromatic hydroxyl groups is 1. The molecule has 2 N–H and O–H groups in total. The molecule has 0 bridgehead atoms. The molecular weight excluding hydrogens is 298 g/mol. The van der Waals surface area contributed by atoms with Gasteiger partial charge in [0.25, 0.3) is 0 Å². The summed E-state index contributed by atoms with van der Waals surface area (Å²) in [6.45, 7) is 3.57. The number of H-pyrrole nitrogens is 1. The molecule has 0 unspecified atom stereocenters. The third-order valence-electron chi connectivity index (χ3n) is 3.44. The first-order chi connectivity index (χ1) is 11.7. The monoisotopic (exact) mass is 318 g/mol. The van der Waals surface area contributed by atoms with Crippen molar-refractivity contribution in [3.8, 4) is 11.5 Å². The summed E-state index contributed by atoms with van der Waals surface area (Å²) in [5, 5.41) is 10.2. The number of nitrogens with zero attached hydrogens (tertiary/aromatic N) is 2. The summed E-state index contributed by atoms with van der Waals surface area (Å²) >= 11 is 1.44. The molecule has 0 atom stereocenters. The zero-order valence-corrected chi connectivity index (χ0v) is 13.0. The molecule has 5 nitrogen and oxygen atoms in total. The highest BCUT2D eigenvalue weighted by Crippen LogP contribution is 2.29. The summed E-state index contributed by atoms with van der Waals surface area (Å²) in [4.78, 5) is 12.0. The van der Waals surface area contributed by atoms with Crippen LogP contribution in [0.25, 0.3) is 11.0 Å². The Morgan fingerprint density at radius 2 is 2.27 bits per heavy atom. The largest absolute Gasteiger partial charge is 0.508 e. The van der Waals surface area contributed by atoms with Gasteiger partial charge in [0.1, 0.15) is 11.5 Å². The summed E-state index contributed by atoms with van der Waals surface area (Å²) in [6, 6.07) is 4.94. The second kappa shape index (κ2) is 5.88. The standard InChI is InChI=1S/C16H17N3O2S/c1-9-7-17-14(10(2)15(9)21-3)8-22-16-18-12-5-4-11(20)6-13(12)19-16/h4-7,20H,8H2,1-3H3,(H,18,19)/i3D3. The number of fused-ring (bicyclic) bond motifs is 1. The molecule has 2 heterocycles. The lowest BCUT2D eigenvalue weighted by molar-refractivity contribution is 0.407. The Morgan fingerprint density at radius 3 is 3.09 bits per heavy atom. The second-order valence-corrected chi connectivity index (χ2v) is 5.94. The smallest absolute Gasteiger partial charge is 0.166 e. The molecule has 0 saturated heterocycles. The fourth-order valence-corrected chi connectivity index (χ4v) is 3.15. The van der Waals surface area contributed by atoms with Crippen molar-refractivity contribution in [1.82, 2.24) is 15.0 Å². The molecule has 1 aromatic carbocycles. The number of rotatable bonds is 4. The van der Waals surface area contributed by atoms with E-state index in [4.69, 9.17) is 8.85 Å². The minimum absolute atomic E-state index is 0.176. The van der Waals surface area contributed by atoms with E-state index in [2.05, 4.69) is 15.0 Å². The molecule has 0 spiro atoms. The van der Waals surface area contributed by atoms with Gasteiger partial charge in [-0.25, -0.2) is 4.98 Å². The number of benzene rings is 1. The predicted molar refractivity (Wildman–Crippen MR) is 87.6 cm³/mol. The zero-order chi connectivity index (χ0) is 18.2. The van der Waals surface area contributed by atoms with Gasteiger partial charge in [-0.2, -0.15) is 0 Å². The van der Waals surface area contributed by atoms with Crippen LogP contribution in [0.1, 0.15) is 20.9 Å². The van der Waals surface area contributed by atoms with Gasteiger partial charge in [-0.3, -0.25) is 4.98 Å². The summed E-state index contributed by atoms with van der Waals surface area (Å²) < 4.78 is 27.0. The number of aromatic amines is 1. The van der Waals surface area contributed by atoms with Crippen molar-refractivity contribution >= 4 is 22.8 Å². The van der Waals surface area contributed by atoms with E-state index in [1.54, 1.807) is 38.2 Å². The molecule has 0 aliphatic heterocycles. The van der Waals surface area contributed by atoms with Gasteiger partial charge in [0.15, 0.2) is 5.16 Å². The molecule has 2 aromatic heterocycles. The van der Waals surface area contributed by atoms with E-state index in [0.29, 0.717) is 27.8 Å². The number of imidazole rings is 1. The zero-order valence-electron chi connectivity index (χ0n) is 15.2. The Balaban J connectivity index is 1.81. The van der Waals surface area contributed by atoms with E-state index in [0.717, 1.165) is 16.7 Å².